The number of hydrogen-bond donors (Lipinski definition) is 3. The van der Waals surface area contributed by atoms with Crippen LogP contribution >= 0.6 is 0 Å². The predicted octanol–water partition coefficient (Wildman–Crippen LogP) is 26.3. The van der Waals surface area contributed by atoms with Crippen molar-refractivity contribution in [2.75, 3.05) is 13.2 Å². The molecule has 0 saturated carbocycles. The average molecular weight is 1210 g/mol. The van der Waals surface area contributed by atoms with Crippen LogP contribution in [-0.2, 0) is 14.3 Å². The molecule has 0 heterocycles. The molecule has 2 atom stereocenters. The van der Waals surface area contributed by atoms with Crippen LogP contribution < -0.4 is 5.32 Å². The summed E-state index contributed by atoms with van der Waals surface area (Å²) < 4.78 is 5.48. The first-order valence-corrected chi connectivity index (χ1v) is 39.9. The molecule has 0 fully saturated rings. The molecule has 0 aliphatic carbocycles. The zero-order valence-corrected chi connectivity index (χ0v) is 58.8. The molecule has 0 saturated heterocycles. The average Bonchev–Trinajstić information content (AvgIpc) is 3.60. The SMILES string of the molecule is CCCCCCCCCCCCCCCCCCCCCC(O)C(CO)NC(=O)CCCCCCCCCCCCCCCCCCC/C=C\CCCCCCCCCCCCCCCCCCCCOC(=O)CCCCCCCCCCCCC. The van der Waals surface area contributed by atoms with Gasteiger partial charge >= 0.3 is 5.97 Å². The molecule has 3 N–H and O–H groups in total. The number of nitrogens with one attached hydrogen (secondary N) is 1. The lowest BCUT2D eigenvalue weighted by molar-refractivity contribution is -0.143. The van der Waals surface area contributed by atoms with E-state index in [1.807, 2.05) is 0 Å². The Morgan fingerprint density at radius 1 is 0.314 bits per heavy atom. The lowest BCUT2D eigenvalue weighted by Crippen LogP contribution is -2.45. The van der Waals surface area contributed by atoms with Crippen LogP contribution in [0, 0.1) is 0 Å². The quantitative estimate of drug-likeness (QED) is 0.0320. The molecular weight excluding hydrogens is 1050 g/mol. The molecular formula is C80H157NO5. The normalized spacial score (nSPS) is 12.5. The number of esters is 1. The maximum atomic E-state index is 12.6. The van der Waals surface area contributed by atoms with Crippen LogP contribution in [0.15, 0.2) is 12.2 Å². The lowest BCUT2D eigenvalue weighted by Gasteiger charge is -2.22. The van der Waals surface area contributed by atoms with E-state index in [0.29, 0.717) is 25.9 Å². The molecule has 6 nitrogen and oxygen atoms in total. The van der Waals surface area contributed by atoms with E-state index in [2.05, 4.69) is 31.3 Å². The van der Waals surface area contributed by atoms with E-state index < -0.39 is 12.1 Å². The van der Waals surface area contributed by atoms with Crippen molar-refractivity contribution in [3.63, 3.8) is 0 Å². The third-order valence-electron chi connectivity index (χ3n) is 19.1. The van der Waals surface area contributed by atoms with E-state index in [9.17, 15) is 19.8 Å². The maximum Gasteiger partial charge on any atom is 0.305 e. The minimum atomic E-state index is -0.661. The Balaban J connectivity index is 3.32. The summed E-state index contributed by atoms with van der Waals surface area (Å²) in [4.78, 5) is 24.6. The zero-order valence-electron chi connectivity index (χ0n) is 58.8. The molecule has 0 aromatic rings. The Kier molecular flexibility index (Phi) is 74.8. The van der Waals surface area contributed by atoms with Crippen LogP contribution in [0.2, 0.25) is 0 Å². The van der Waals surface area contributed by atoms with Gasteiger partial charge in [-0.2, -0.15) is 0 Å². The number of hydrogen-bond acceptors (Lipinski definition) is 5. The third kappa shape index (κ3) is 71.7. The van der Waals surface area contributed by atoms with Crippen molar-refractivity contribution < 1.29 is 24.5 Å². The minimum Gasteiger partial charge on any atom is -0.466 e. The highest BCUT2D eigenvalue weighted by Crippen LogP contribution is 2.20. The van der Waals surface area contributed by atoms with Crippen LogP contribution in [-0.4, -0.2) is 47.4 Å². The Morgan fingerprint density at radius 3 is 0.826 bits per heavy atom. The van der Waals surface area contributed by atoms with Crippen LogP contribution in [0.3, 0.4) is 0 Å². The van der Waals surface area contributed by atoms with Gasteiger partial charge in [-0.15, -0.1) is 0 Å². The maximum absolute atomic E-state index is 12.6. The van der Waals surface area contributed by atoms with Gasteiger partial charge in [0.05, 0.1) is 25.4 Å². The van der Waals surface area contributed by atoms with E-state index in [1.54, 1.807) is 0 Å². The monoisotopic (exact) mass is 1210 g/mol. The van der Waals surface area contributed by atoms with Crippen molar-refractivity contribution in [3.05, 3.63) is 12.2 Å². The predicted molar refractivity (Wildman–Crippen MR) is 380 cm³/mol. The van der Waals surface area contributed by atoms with Crippen molar-refractivity contribution in [2.24, 2.45) is 0 Å². The number of carbonyl (C=O) groups is 2. The number of rotatable bonds is 76. The van der Waals surface area contributed by atoms with Crippen LogP contribution in [0.1, 0.15) is 463 Å². The summed E-state index contributed by atoms with van der Waals surface area (Å²) in [6.07, 6.45) is 96.0. The molecule has 86 heavy (non-hydrogen) atoms. The topological polar surface area (TPSA) is 95.9 Å². The summed E-state index contributed by atoms with van der Waals surface area (Å²) in [5.74, 6) is -0.00219. The first kappa shape index (κ1) is 84.6. The van der Waals surface area contributed by atoms with Crippen molar-refractivity contribution >= 4 is 11.9 Å². The summed E-state index contributed by atoms with van der Waals surface area (Å²) in [6, 6.07) is -0.538. The second-order valence-electron chi connectivity index (χ2n) is 27.8. The molecule has 0 spiro atoms. The second kappa shape index (κ2) is 76.1. The molecule has 0 aliphatic heterocycles. The van der Waals surface area contributed by atoms with Crippen LogP contribution in [0.25, 0.3) is 0 Å². The van der Waals surface area contributed by atoms with Crippen molar-refractivity contribution in [1.29, 1.82) is 0 Å². The van der Waals surface area contributed by atoms with Crippen molar-refractivity contribution in [1.82, 2.24) is 5.32 Å². The van der Waals surface area contributed by atoms with Gasteiger partial charge in [0.15, 0.2) is 0 Å². The number of carbonyl (C=O) groups excluding carboxylic acids is 2. The summed E-state index contributed by atoms with van der Waals surface area (Å²) in [7, 11) is 0. The first-order valence-electron chi connectivity index (χ1n) is 39.9. The smallest absolute Gasteiger partial charge is 0.305 e. The Bertz CT molecular complexity index is 1300. The van der Waals surface area contributed by atoms with Gasteiger partial charge in [0, 0.05) is 12.8 Å². The zero-order chi connectivity index (χ0) is 62.0. The summed E-state index contributed by atoms with van der Waals surface area (Å²) in [6.45, 7) is 5.00. The largest absolute Gasteiger partial charge is 0.466 e. The fourth-order valence-corrected chi connectivity index (χ4v) is 13.0. The number of unbranched alkanes of at least 4 members (excludes halogenated alkanes) is 63. The molecule has 1 amide bonds. The molecule has 0 radical (unpaired) electrons. The third-order valence-corrected chi connectivity index (χ3v) is 19.1. The molecule has 0 aliphatic rings. The summed E-state index contributed by atoms with van der Waals surface area (Å²) in [5.41, 5.74) is 0. The van der Waals surface area contributed by atoms with Crippen molar-refractivity contribution in [3.8, 4) is 0 Å². The molecule has 0 aromatic carbocycles. The van der Waals surface area contributed by atoms with E-state index in [-0.39, 0.29) is 18.5 Å². The second-order valence-corrected chi connectivity index (χ2v) is 27.8. The molecule has 0 rings (SSSR count). The van der Waals surface area contributed by atoms with Gasteiger partial charge in [-0.3, -0.25) is 9.59 Å². The highest BCUT2D eigenvalue weighted by molar-refractivity contribution is 5.76. The summed E-state index contributed by atoms with van der Waals surface area (Å²) in [5, 5.41) is 23.4. The number of allylic oxidation sites excluding steroid dienone is 2. The van der Waals surface area contributed by atoms with Gasteiger partial charge in [0.2, 0.25) is 5.91 Å². The Morgan fingerprint density at radius 2 is 0.547 bits per heavy atom. The van der Waals surface area contributed by atoms with Crippen LogP contribution in [0.5, 0.6) is 0 Å². The van der Waals surface area contributed by atoms with Gasteiger partial charge in [-0.25, -0.2) is 0 Å². The highest BCUT2D eigenvalue weighted by atomic mass is 16.5. The fraction of sp³-hybridized carbons (Fsp3) is 0.950. The van der Waals surface area contributed by atoms with E-state index in [1.165, 1.54) is 392 Å². The number of ether oxygens (including phenoxy) is 1. The molecule has 512 valence electrons. The van der Waals surface area contributed by atoms with Crippen LogP contribution in [0.4, 0.5) is 0 Å². The first-order chi connectivity index (χ1) is 42.5. The molecule has 0 aromatic heterocycles. The number of aliphatic hydroxyl groups excluding tert-OH is 2. The molecule has 6 heteroatoms. The molecule has 2 unspecified atom stereocenters. The van der Waals surface area contributed by atoms with Gasteiger partial charge in [-0.05, 0) is 51.4 Å². The molecule has 0 bridgehead atoms. The van der Waals surface area contributed by atoms with Crippen molar-refractivity contribution in [2.45, 2.75) is 475 Å². The van der Waals surface area contributed by atoms with Gasteiger partial charge in [0.1, 0.15) is 0 Å². The van der Waals surface area contributed by atoms with Gasteiger partial charge < -0.3 is 20.3 Å². The number of aliphatic hydroxyl groups is 2. The van der Waals surface area contributed by atoms with E-state index in [0.717, 1.165) is 38.5 Å². The highest BCUT2D eigenvalue weighted by Gasteiger charge is 2.20. The lowest BCUT2D eigenvalue weighted by atomic mass is 10.0. The Hall–Kier alpha value is -1.40. The number of amides is 1. The Labute approximate surface area is 539 Å². The van der Waals surface area contributed by atoms with E-state index >= 15 is 0 Å². The van der Waals surface area contributed by atoms with E-state index in [4.69, 9.17) is 4.74 Å². The minimum absolute atomic E-state index is 0.0232. The van der Waals surface area contributed by atoms with Gasteiger partial charge in [0.25, 0.3) is 0 Å². The van der Waals surface area contributed by atoms with Gasteiger partial charge in [-0.1, -0.05) is 411 Å². The summed E-state index contributed by atoms with van der Waals surface area (Å²) >= 11 is 0. The fourth-order valence-electron chi connectivity index (χ4n) is 13.0. The standard InChI is InChI=1S/C80H157NO5/c1-3-5-7-9-11-13-15-16-17-18-40-43-46-49-53-56-60-64-68-72-78(83)77(76-82)81-79(84)73-69-65-61-57-54-50-47-44-41-38-36-34-32-30-28-26-24-22-20-19-21-23-25-27-29-31-33-35-37-39-42-45-48-51-55-59-63-67-71-75-86-80(85)74-70-66-62-58-52-14-12-10-8-6-4-2/h19-20,77-78,82-83H,3-18,21-76H2,1-2H3,(H,81,84)/b20-19-.